The van der Waals surface area contributed by atoms with Crippen LogP contribution in [0.2, 0.25) is 0 Å². The van der Waals surface area contributed by atoms with Crippen molar-refractivity contribution in [1.82, 2.24) is 25.1 Å². The molecule has 0 bridgehead atoms. The summed E-state index contributed by atoms with van der Waals surface area (Å²) < 4.78 is 2.03. The van der Waals surface area contributed by atoms with E-state index in [1.807, 2.05) is 23.6 Å². The molecule has 6 nitrogen and oxygen atoms in total. The SMILES string of the molecule is Cc1ccc(-n2c(S[C@H](C)C(=O)NCCC3=CCCCC3)nnc2-c2cccnc2)c(C)c1. The van der Waals surface area contributed by atoms with Gasteiger partial charge in [0.2, 0.25) is 5.91 Å². The van der Waals surface area contributed by atoms with Crippen LogP contribution < -0.4 is 5.32 Å². The summed E-state index contributed by atoms with van der Waals surface area (Å²) in [7, 11) is 0. The quantitative estimate of drug-likeness (QED) is 0.357. The zero-order valence-corrected chi connectivity index (χ0v) is 20.4. The Bertz CT molecular complexity index is 1140. The van der Waals surface area contributed by atoms with Gasteiger partial charge in [-0.2, -0.15) is 0 Å². The summed E-state index contributed by atoms with van der Waals surface area (Å²) in [5.41, 5.74) is 5.68. The molecule has 0 aliphatic heterocycles. The van der Waals surface area contributed by atoms with Crippen molar-refractivity contribution in [3.8, 4) is 17.1 Å². The maximum absolute atomic E-state index is 12.8. The summed E-state index contributed by atoms with van der Waals surface area (Å²) >= 11 is 1.43. The molecule has 3 aromatic rings. The minimum Gasteiger partial charge on any atom is -0.355 e. The molecule has 1 aromatic carbocycles. The Morgan fingerprint density at radius 3 is 2.82 bits per heavy atom. The van der Waals surface area contributed by atoms with Gasteiger partial charge < -0.3 is 5.32 Å². The van der Waals surface area contributed by atoms with Gasteiger partial charge >= 0.3 is 0 Å². The number of amides is 1. The van der Waals surface area contributed by atoms with Crippen molar-refractivity contribution in [3.63, 3.8) is 0 Å². The van der Waals surface area contributed by atoms with Gasteiger partial charge in [0.05, 0.1) is 10.9 Å². The second-order valence-electron chi connectivity index (χ2n) is 8.58. The van der Waals surface area contributed by atoms with Gasteiger partial charge in [-0.1, -0.05) is 41.1 Å². The van der Waals surface area contributed by atoms with Gasteiger partial charge in [-0.05, 0) is 76.6 Å². The zero-order chi connectivity index (χ0) is 23.2. The molecule has 0 saturated carbocycles. The number of pyridine rings is 1. The molecule has 0 unspecified atom stereocenters. The highest BCUT2D eigenvalue weighted by molar-refractivity contribution is 8.00. The van der Waals surface area contributed by atoms with Crippen LogP contribution in [0.5, 0.6) is 0 Å². The van der Waals surface area contributed by atoms with Crippen molar-refractivity contribution in [2.45, 2.75) is 63.3 Å². The maximum Gasteiger partial charge on any atom is 0.233 e. The molecule has 1 atom stereocenters. The van der Waals surface area contributed by atoms with Crippen LogP contribution in [-0.4, -0.2) is 37.5 Å². The third kappa shape index (κ3) is 5.71. The van der Waals surface area contributed by atoms with E-state index in [0.29, 0.717) is 11.7 Å². The summed E-state index contributed by atoms with van der Waals surface area (Å²) in [4.78, 5) is 17.1. The van der Waals surface area contributed by atoms with Gasteiger partial charge in [-0.25, -0.2) is 0 Å². The van der Waals surface area contributed by atoms with Crippen LogP contribution in [0.15, 0.2) is 59.5 Å². The lowest BCUT2D eigenvalue weighted by Crippen LogP contribution is -2.32. The first kappa shape index (κ1) is 23.2. The Morgan fingerprint density at radius 2 is 2.09 bits per heavy atom. The number of thioether (sulfide) groups is 1. The van der Waals surface area contributed by atoms with Gasteiger partial charge in [0, 0.05) is 24.5 Å². The molecule has 0 spiro atoms. The summed E-state index contributed by atoms with van der Waals surface area (Å²) in [5, 5.41) is 12.4. The molecule has 33 heavy (non-hydrogen) atoms. The molecule has 1 N–H and O–H groups in total. The molecular weight excluding hydrogens is 430 g/mol. The van der Waals surface area contributed by atoms with E-state index in [0.717, 1.165) is 35.5 Å². The van der Waals surface area contributed by atoms with E-state index in [2.05, 4.69) is 58.6 Å². The molecule has 1 aliphatic carbocycles. The zero-order valence-electron chi connectivity index (χ0n) is 19.5. The number of aryl methyl sites for hydroxylation is 2. The fourth-order valence-electron chi connectivity index (χ4n) is 4.14. The number of aromatic nitrogens is 4. The van der Waals surface area contributed by atoms with E-state index < -0.39 is 0 Å². The third-order valence-electron chi connectivity index (χ3n) is 5.93. The van der Waals surface area contributed by atoms with Crippen molar-refractivity contribution >= 4 is 17.7 Å². The highest BCUT2D eigenvalue weighted by atomic mass is 32.2. The largest absolute Gasteiger partial charge is 0.355 e. The second-order valence-corrected chi connectivity index (χ2v) is 9.89. The summed E-state index contributed by atoms with van der Waals surface area (Å²) in [6, 6.07) is 10.2. The molecule has 1 amide bonds. The number of nitrogens with zero attached hydrogens (tertiary/aromatic N) is 4. The number of hydrogen-bond acceptors (Lipinski definition) is 5. The minimum atomic E-state index is -0.291. The fourth-order valence-corrected chi connectivity index (χ4v) is 5.02. The molecule has 0 radical (unpaired) electrons. The second kappa shape index (κ2) is 10.8. The minimum absolute atomic E-state index is 0.0227. The normalized spacial score (nSPS) is 14.6. The van der Waals surface area contributed by atoms with Crippen LogP contribution in [0.3, 0.4) is 0 Å². The Balaban J connectivity index is 1.54. The first-order chi connectivity index (χ1) is 16.0. The van der Waals surface area contributed by atoms with Crippen molar-refractivity contribution < 1.29 is 4.79 Å². The maximum atomic E-state index is 12.8. The number of nitrogens with one attached hydrogen (secondary N) is 1. The Morgan fingerprint density at radius 1 is 1.21 bits per heavy atom. The molecule has 2 aromatic heterocycles. The van der Waals surface area contributed by atoms with Crippen molar-refractivity contribution in [2.75, 3.05) is 6.54 Å². The van der Waals surface area contributed by atoms with E-state index in [9.17, 15) is 4.79 Å². The number of benzene rings is 1. The average molecular weight is 462 g/mol. The molecule has 4 rings (SSSR count). The first-order valence-corrected chi connectivity index (χ1v) is 12.5. The summed E-state index contributed by atoms with van der Waals surface area (Å²) in [5.74, 6) is 0.740. The van der Waals surface area contributed by atoms with Gasteiger partial charge in [-0.15, -0.1) is 10.2 Å². The lowest BCUT2D eigenvalue weighted by Gasteiger charge is -2.16. The molecule has 1 aliphatic rings. The van der Waals surface area contributed by atoms with Crippen molar-refractivity contribution in [1.29, 1.82) is 0 Å². The topological polar surface area (TPSA) is 72.7 Å². The van der Waals surface area contributed by atoms with E-state index in [4.69, 9.17) is 0 Å². The highest BCUT2D eigenvalue weighted by Crippen LogP contribution is 2.31. The monoisotopic (exact) mass is 461 g/mol. The van der Waals surface area contributed by atoms with Crippen LogP contribution in [0, 0.1) is 13.8 Å². The summed E-state index contributed by atoms with van der Waals surface area (Å²) in [6.07, 6.45) is 11.7. The molecule has 172 valence electrons. The molecule has 2 heterocycles. The lowest BCUT2D eigenvalue weighted by atomic mass is 9.97. The van der Waals surface area contributed by atoms with Crippen molar-refractivity contribution in [3.05, 3.63) is 65.5 Å². The van der Waals surface area contributed by atoms with E-state index in [-0.39, 0.29) is 11.2 Å². The molecule has 7 heteroatoms. The van der Waals surface area contributed by atoms with Gasteiger partial charge in [0.1, 0.15) is 0 Å². The van der Waals surface area contributed by atoms with E-state index >= 15 is 0 Å². The summed E-state index contributed by atoms with van der Waals surface area (Å²) in [6.45, 7) is 6.77. The lowest BCUT2D eigenvalue weighted by molar-refractivity contribution is -0.120. The van der Waals surface area contributed by atoms with Crippen molar-refractivity contribution in [2.24, 2.45) is 0 Å². The van der Waals surface area contributed by atoms with Crippen LogP contribution in [0.4, 0.5) is 0 Å². The smallest absolute Gasteiger partial charge is 0.233 e. The predicted molar refractivity (Wildman–Crippen MR) is 134 cm³/mol. The van der Waals surface area contributed by atoms with Gasteiger partial charge in [-0.3, -0.25) is 14.3 Å². The van der Waals surface area contributed by atoms with Crippen LogP contribution >= 0.6 is 11.8 Å². The highest BCUT2D eigenvalue weighted by Gasteiger charge is 2.22. The average Bonchev–Trinajstić information content (AvgIpc) is 3.23. The predicted octanol–water partition coefficient (Wildman–Crippen LogP) is 5.43. The van der Waals surface area contributed by atoms with Crippen LogP contribution in [-0.2, 0) is 4.79 Å². The standard InChI is InChI=1S/C26H31N5OS/c1-18-11-12-23(19(2)16-18)31-24(22-10-7-14-27-17-22)29-30-26(31)33-20(3)25(32)28-15-13-21-8-5-4-6-9-21/h7-8,10-12,14,16-17,20H,4-6,9,13,15H2,1-3H3,(H,28,32)/t20-/m1/s1. The Hall–Kier alpha value is -2.93. The fraction of sp³-hybridized carbons (Fsp3) is 0.385. The Kier molecular flexibility index (Phi) is 7.60. The number of hydrogen-bond donors (Lipinski definition) is 1. The number of carbonyl (C=O) groups excluding carboxylic acids is 1. The number of allylic oxidation sites excluding steroid dienone is 1. The Labute approximate surface area is 199 Å². The van der Waals surface area contributed by atoms with Gasteiger partial charge in [0.15, 0.2) is 11.0 Å². The van der Waals surface area contributed by atoms with E-state index in [1.165, 1.54) is 42.2 Å². The van der Waals surface area contributed by atoms with Crippen LogP contribution in [0.25, 0.3) is 17.1 Å². The molecule has 0 fully saturated rings. The van der Waals surface area contributed by atoms with Gasteiger partial charge in [0.25, 0.3) is 0 Å². The molecular formula is C26H31N5OS. The van der Waals surface area contributed by atoms with E-state index in [1.54, 1.807) is 12.4 Å². The first-order valence-electron chi connectivity index (χ1n) is 11.6. The third-order valence-corrected chi connectivity index (χ3v) is 6.97. The molecule has 0 saturated heterocycles. The van der Waals surface area contributed by atoms with Crippen LogP contribution in [0.1, 0.15) is 50.2 Å². The number of rotatable bonds is 8. The number of carbonyl (C=O) groups is 1.